The van der Waals surface area contributed by atoms with E-state index < -0.39 is 17.6 Å². The molecule has 0 aliphatic carbocycles. The summed E-state index contributed by atoms with van der Waals surface area (Å²) in [5, 5.41) is 0. The van der Waals surface area contributed by atoms with Crippen molar-refractivity contribution in [3.8, 4) is 23.2 Å². The van der Waals surface area contributed by atoms with E-state index in [-0.39, 0.29) is 23.1 Å². The molecule has 0 saturated carbocycles. The third-order valence-electron chi connectivity index (χ3n) is 3.68. The summed E-state index contributed by atoms with van der Waals surface area (Å²) in [6.07, 6.45) is -4.47. The number of pyridine rings is 1. The Kier molecular flexibility index (Phi) is 4.02. The molecule has 0 aliphatic heterocycles. The first kappa shape index (κ1) is 17.0. The van der Waals surface area contributed by atoms with E-state index in [1.807, 2.05) is 0 Å². The Morgan fingerprint density at radius 1 is 0.889 bits per heavy atom. The molecule has 4 nitrogen and oxygen atoms in total. The Morgan fingerprint density at radius 3 is 2.52 bits per heavy atom. The number of fused-ring (bicyclic) bond motifs is 1. The van der Waals surface area contributed by atoms with Crippen molar-refractivity contribution in [3.63, 3.8) is 0 Å². The molecule has 0 N–H and O–H groups in total. The lowest BCUT2D eigenvalue weighted by Crippen LogP contribution is -2.04. The molecule has 0 atom stereocenters. The first-order valence-electron chi connectivity index (χ1n) is 7.77. The Bertz CT molecular complexity index is 1120. The molecule has 0 unspecified atom stereocenters. The molecule has 0 aliphatic rings. The van der Waals surface area contributed by atoms with Crippen LogP contribution in [0.1, 0.15) is 5.56 Å². The summed E-state index contributed by atoms with van der Waals surface area (Å²) in [7, 11) is 0. The second kappa shape index (κ2) is 6.39. The van der Waals surface area contributed by atoms with Gasteiger partial charge in [-0.15, -0.1) is 0 Å². The van der Waals surface area contributed by atoms with Crippen molar-refractivity contribution in [2.45, 2.75) is 6.18 Å². The molecule has 0 saturated heterocycles. The van der Waals surface area contributed by atoms with Crippen molar-refractivity contribution in [2.75, 3.05) is 0 Å². The van der Waals surface area contributed by atoms with Crippen LogP contribution in [0.2, 0.25) is 0 Å². The summed E-state index contributed by atoms with van der Waals surface area (Å²) in [4.78, 5) is 8.41. The third kappa shape index (κ3) is 3.59. The van der Waals surface area contributed by atoms with Gasteiger partial charge in [-0.3, -0.25) is 0 Å². The molecular formula is C19H10F4N2O2. The highest BCUT2D eigenvalue weighted by atomic mass is 19.4. The fraction of sp³-hybridized carbons (Fsp3) is 0.0526. The fourth-order valence-electron chi connectivity index (χ4n) is 2.46. The van der Waals surface area contributed by atoms with Gasteiger partial charge in [0.25, 0.3) is 0 Å². The Hall–Kier alpha value is -3.42. The van der Waals surface area contributed by atoms with Gasteiger partial charge in [0.1, 0.15) is 22.8 Å². The molecule has 136 valence electrons. The molecule has 2 heterocycles. The zero-order valence-corrected chi connectivity index (χ0v) is 13.5. The van der Waals surface area contributed by atoms with Crippen LogP contribution < -0.4 is 4.74 Å². The average Bonchev–Trinajstić information content (AvgIpc) is 3.05. The van der Waals surface area contributed by atoms with Gasteiger partial charge in [0.05, 0.1) is 5.56 Å². The number of oxazole rings is 1. The lowest BCUT2D eigenvalue weighted by atomic mass is 10.2. The van der Waals surface area contributed by atoms with Gasteiger partial charge < -0.3 is 9.15 Å². The van der Waals surface area contributed by atoms with Crippen LogP contribution in [0, 0.1) is 5.82 Å². The van der Waals surface area contributed by atoms with Gasteiger partial charge in [0.2, 0.25) is 11.8 Å². The van der Waals surface area contributed by atoms with Crippen LogP contribution in [0.4, 0.5) is 17.6 Å². The van der Waals surface area contributed by atoms with Crippen LogP contribution in [-0.2, 0) is 6.18 Å². The number of halogens is 4. The van der Waals surface area contributed by atoms with Gasteiger partial charge in [0.15, 0.2) is 5.58 Å². The minimum absolute atomic E-state index is 0.00545. The zero-order valence-electron chi connectivity index (χ0n) is 13.5. The van der Waals surface area contributed by atoms with Gasteiger partial charge in [-0.25, -0.2) is 14.4 Å². The van der Waals surface area contributed by atoms with Gasteiger partial charge in [-0.2, -0.15) is 13.2 Å². The maximum atomic E-state index is 13.3. The van der Waals surface area contributed by atoms with E-state index in [4.69, 9.17) is 9.15 Å². The van der Waals surface area contributed by atoms with E-state index in [0.717, 1.165) is 12.1 Å². The number of aromatic nitrogens is 2. The first-order valence-corrected chi connectivity index (χ1v) is 7.77. The Labute approximate surface area is 150 Å². The molecule has 0 radical (unpaired) electrons. The summed E-state index contributed by atoms with van der Waals surface area (Å²) in [6.45, 7) is 0. The molecule has 27 heavy (non-hydrogen) atoms. The number of alkyl halides is 3. The lowest BCUT2D eigenvalue weighted by molar-refractivity contribution is -0.137. The molecule has 0 amide bonds. The van der Waals surface area contributed by atoms with Crippen LogP contribution >= 0.6 is 0 Å². The number of rotatable bonds is 3. The van der Waals surface area contributed by atoms with Gasteiger partial charge >= 0.3 is 6.18 Å². The van der Waals surface area contributed by atoms with Gasteiger partial charge in [-0.05, 0) is 36.4 Å². The average molecular weight is 374 g/mol. The normalized spacial score (nSPS) is 11.7. The van der Waals surface area contributed by atoms with Crippen molar-refractivity contribution < 1.29 is 26.7 Å². The van der Waals surface area contributed by atoms with Crippen LogP contribution in [0.3, 0.4) is 0 Å². The first-order chi connectivity index (χ1) is 12.9. The Balaban J connectivity index is 1.64. The minimum atomic E-state index is -4.47. The van der Waals surface area contributed by atoms with Crippen molar-refractivity contribution in [3.05, 3.63) is 72.0 Å². The molecule has 2 aromatic carbocycles. The van der Waals surface area contributed by atoms with Crippen LogP contribution in [0.25, 0.3) is 22.7 Å². The minimum Gasteiger partial charge on any atom is -0.439 e. The molecule has 0 bridgehead atoms. The summed E-state index contributed by atoms with van der Waals surface area (Å²) in [5.74, 6) is -0.251. The highest BCUT2D eigenvalue weighted by Crippen LogP contribution is 2.33. The van der Waals surface area contributed by atoms with E-state index in [2.05, 4.69) is 9.97 Å². The van der Waals surface area contributed by atoms with Crippen molar-refractivity contribution in [2.24, 2.45) is 0 Å². The van der Waals surface area contributed by atoms with E-state index >= 15 is 0 Å². The highest BCUT2D eigenvalue weighted by molar-refractivity contribution is 5.75. The number of hydrogen-bond acceptors (Lipinski definition) is 4. The second-order valence-electron chi connectivity index (χ2n) is 5.62. The molecular weight excluding hydrogens is 364 g/mol. The molecule has 8 heteroatoms. The van der Waals surface area contributed by atoms with Crippen LogP contribution in [-0.4, -0.2) is 9.97 Å². The summed E-state index contributed by atoms with van der Waals surface area (Å²) in [6, 6.07) is 13.1. The van der Waals surface area contributed by atoms with Crippen molar-refractivity contribution in [1.82, 2.24) is 9.97 Å². The summed E-state index contributed by atoms with van der Waals surface area (Å²) < 4.78 is 62.6. The molecule has 4 aromatic rings. The van der Waals surface area contributed by atoms with E-state index in [1.54, 1.807) is 12.1 Å². The third-order valence-corrected chi connectivity index (χ3v) is 3.68. The molecule has 0 fully saturated rings. The maximum Gasteiger partial charge on any atom is 0.416 e. The van der Waals surface area contributed by atoms with Gasteiger partial charge in [-0.1, -0.05) is 12.1 Å². The standard InChI is InChI=1S/C19H10F4N2O2/c20-12-7-8-14-16(10-12)27-18(25-14)15-5-2-6-17(24-15)26-13-4-1-3-11(9-13)19(21,22)23/h1-10H. The molecule has 4 rings (SSSR count). The number of benzene rings is 2. The maximum absolute atomic E-state index is 13.3. The quantitative estimate of drug-likeness (QED) is 0.423. The summed E-state index contributed by atoms with van der Waals surface area (Å²) >= 11 is 0. The van der Waals surface area contributed by atoms with Crippen LogP contribution in [0.15, 0.2) is 65.1 Å². The summed E-state index contributed by atoms with van der Waals surface area (Å²) in [5.41, 5.74) is 0.196. The predicted octanol–water partition coefficient (Wildman–Crippen LogP) is 5.84. The number of nitrogens with zero attached hydrogens (tertiary/aromatic N) is 2. The van der Waals surface area contributed by atoms with Crippen LogP contribution in [0.5, 0.6) is 11.6 Å². The smallest absolute Gasteiger partial charge is 0.416 e. The SMILES string of the molecule is Fc1ccc2nc(-c3cccc(Oc4cccc(C(F)(F)F)c4)n3)oc2c1. The monoisotopic (exact) mass is 374 g/mol. The van der Waals surface area contributed by atoms with E-state index in [9.17, 15) is 17.6 Å². The lowest BCUT2D eigenvalue weighted by Gasteiger charge is -2.09. The Morgan fingerprint density at radius 2 is 1.70 bits per heavy atom. The predicted molar refractivity (Wildman–Crippen MR) is 88.7 cm³/mol. The number of ether oxygens (including phenoxy) is 1. The largest absolute Gasteiger partial charge is 0.439 e. The van der Waals surface area contributed by atoms with Gasteiger partial charge in [0, 0.05) is 12.1 Å². The second-order valence-corrected chi connectivity index (χ2v) is 5.62. The van der Waals surface area contributed by atoms with E-state index in [0.29, 0.717) is 11.2 Å². The highest BCUT2D eigenvalue weighted by Gasteiger charge is 2.30. The van der Waals surface area contributed by atoms with Crippen molar-refractivity contribution in [1.29, 1.82) is 0 Å². The molecule has 0 spiro atoms. The number of hydrogen-bond donors (Lipinski definition) is 0. The zero-order chi connectivity index (χ0) is 19.0. The fourth-order valence-corrected chi connectivity index (χ4v) is 2.46. The van der Waals surface area contributed by atoms with E-state index in [1.165, 1.54) is 36.4 Å². The molecule has 2 aromatic heterocycles. The van der Waals surface area contributed by atoms with Crippen molar-refractivity contribution >= 4 is 11.1 Å². The topological polar surface area (TPSA) is 48.2 Å².